The molecule has 1 unspecified atom stereocenters. The first-order valence-corrected chi connectivity index (χ1v) is 12.9. The first-order chi connectivity index (χ1) is 18.1. The predicted octanol–water partition coefficient (Wildman–Crippen LogP) is 6.71. The van der Waals surface area contributed by atoms with E-state index in [0.29, 0.717) is 18.8 Å². The Morgan fingerprint density at radius 3 is 2.30 bits per heavy atom. The number of rotatable bonds is 10. The van der Waals surface area contributed by atoms with Crippen LogP contribution in [-0.4, -0.2) is 34.7 Å². The fourth-order valence-electron chi connectivity index (χ4n) is 4.85. The van der Waals surface area contributed by atoms with Crippen molar-refractivity contribution in [1.29, 1.82) is 0 Å². The number of methoxy groups -OCH3 is 1. The standard InChI is InChI=1S/C31H33N3O3/c1-4-5-6-19-37-26-17-13-24(14-18-26)30-27-28(23-11-15-25(36-3)16-12-23)32-33-29(27)31(35)34(30)20-22-9-7-21(2)8-10-22/h7-18,30H,4-6,19-20H2,1-3H3,(H,32,33). The van der Waals surface area contributed by atoms with Crippen molar-refractivity contribution in [3.63, 3.8) is 0 Å². The summed E-state index contributed by atoms with van der Waals surface area (Å²) in [7, 11) is 1.65. The number of hydrogen-bond acceptors (Lipinski definition) is 4. The van der Waals surface area contributed by atoms with Crippen molar-refractivity contribution in [2.45, 2.75) is 45.7 Å². The van der Waals surface area contributed by atoms with Crippen molar-refractivity contribution in [3.05, 3.63) is 101 Å². The molecule has 5 rings (SSSR count). The smallest absolute Gasteiger partial charge is 0.273 e. The fourth-order valence-corrected chi connectivity index (χ4v) is 4.85. The number of aromatic nitrogens is 2. The van der Waals surface area contributed by atoms with E-state index >= 15 is 0 Å². The molecule has 0 aliphatic carbocycles. The third-order valence-corrected chi connectivity index (χ3v) is 6.91. The lowest BCUT2D eigenvalue weighted by Crippen LogP contribution is -2.29. The predicted molar refractivity (Wildman–Crippen MR) is 145 cm³/mol. The molecule has 190 valence electrons. The van der Waals surface area contributed by atoms with E-state index < -0.39 is 0 Å². The van der Waals surface area contributed by atoms with E-state index in [1.54, 1.807) is 7.11 Å². The quantitative estimate of drug-likeness (QED) is 0.248. The van der Waals surface area contributed by atoms with Crippen LogP contribution in [0.5, 0.6) is 11.5 Å². The fraction of sp³-hybridized carbons (Fsp3) is 0.290. The zero-order chi connectivity index (χ0) is 25.8. The number of unbranched alkanes of at least 4 members (excludes halogenated alkanes) is 2. The molecule has 0 saturated heterocycles. The molecule has 2 heterocycles. The Balaban J connectivity index is 1.51. The summed E-state index contributed by atoms with van der Waals surface area (Å²) in [6.45, 7) is 5.47. The number of aryl methyl sites for hydroxylation is 1. The Morgan fingerprint density at radius 2 is 1.62 bits per heavy atom. The molecule has 37 heavy (non-hydrogen) atoms. The van der Waals surface area contributed by atoms with Gasteiger partial charge in [-0.25, -0.2) is 0 Å². The van der Waals surface area contributed by atoms with Crippen molar-refractivity contribution in [3.8, 4) is 22.8 Å². The van der Waals surface area contributed by atoms with Gasteiger partial charge in [-0.05, 0) is 60.9 Å². The van der Waals surface area contributed by atoms with Crippen LogP contribution >= 0.6 is 0 Å². The molecule has 1 aromatic heterocycles. The number of aromatic amines is 1. The first kappa shape index (κ1) is 24.6. The lowest BCUT2D eigenvalue weighted by molar-refractivity contribution is 0.0730. The molecule has 0 spiro atoms. The number of nitrogens with one attached hydrogen (secondary N) is 1. The number of carbonyl (C=O) groups is 1. The summed E-state index contributed by atoms with van der Waals surface area (Å²) in [6.07, 6.45) is 3.37. The monoisotopic (exact) mass is 495 g/mol. The minimum atomic E-state index is -0.270. The van der Waals surface area contributed by atoms with E-state index in [1.807, 2.05) is 41.3 Å². The molecular formula is C31H33N3O3. The number of hydrogen-bond donors (Lipinski definition) is 1. The van der Waals surface area contributed by atoms with Gasteiger partial charge in [0.15, 0.2) is 0 Å². The van der Waals surface area contributed by atoms with Gasteiger partial charge in [0, 0.05) is 17.7 Å². The molecule has 1 aliphatic rings. The van der Waals surface area contributed by atoms with Crippen LogP contribution < -0.4 is 9.47 Å². The van der Waals surface area contributed by atoms with Crippen molar-refractivity contribution >= 4 is 5.91 Å². The second-order valence-electron chi connectivity index (χ2n) is 9.54. The van der Waals surface area contributed by atoms with Crippen LogP contribution in [0.2, 0.25) is 0 Å². The molecule has 6 heteroatoms. The number of ether oxygens (including phenoxy) is 2. The van der Waals surface area contributed by atoms with Gasteiger partial charge in [0.2, 0.25) is 0 Å². The Labute approximate surface area is 218 Å². The van der Waals surface area contributed by atoms with E-state index in [0.717, 1.165) is 52.3 Å². The van der Waals surface area contributed by atoms with Crippen molar-refractivity contribution < 1.29 is 14.3 Å². The van der Waals surface area contributed by atoms with Gasteiger partial charge in [-0.15, -0.1) is 0 Å². The highest BCUT2D eigenvalue weighted by Crippen LogP contribution is 2.44. The molecule has 1 N–H and O–H groups in total. The van der Waals surface area contributed by atoms with E-state index in [2.05, 4.69) is 60.4 Å². The Kier molecular flexibility index (Phi) is 7.26. The van der Waals surface area contributed by atoms with Crippen LogP contribution in [0.1, 0.15) is 65.0 Å². The first-order valence-electron chi connectivity index (χ1n) is 12.9. The van der Waals surface area contributed by atoms with E-state index in [4.69, 9.17) is 9.47 Å². The molecule has 1 amide bonds. The minimum absolute atomic E-state index is 0.0484. The number of carbonyl (C=O) groups excluding carboxylic acids is 1. The maximum atomic E-state index is 13.7. The van der Waals surface area contributed by atoms with Gasteiger partial charge in [0.05, 0.1) is 25.5 Å². The Morgan fingerprint density at radius 1 is 0.919 bits per heavy atom. The lowest BCUT2D eigenvalue weighted by atomic mass is 9.95. The Bertz CT molecular complexity index is 1340. The number of amides is 1. The summed E-state index contributed by atoms with van der Waals surface area (Å²) in [5, 5.41) is 7.62. The van der Waals surface area contributed by atoms with Crippen LogP contribution in [-0.2, 0) is 6.54 Å². The Hall–Kier alpha value is -4.06. The highest BCUT2D eigenvalue weighted by atomic mass is 16.5. The van der Waals surface area contributed by atoms with Gasteiger partial charge in [-0.2, -0.15) is 5.10 Å². The third kappa shape index (κ3) is 5.10. The molecule has 0 bridgehead atoms. The van der Waals surface area contributed by atoms with Gasteiger partial charge in [-0.3, -0.25) is 9.89 Å². The highest BCUT2D eigenvalue weighted by molar-refractivity contribution is 6.00. The molecule has 0 saturated carbocycles. The molecule has 0 fully saturated rings. The van der Waals surface area contributed by atoms with Crippen molar-refractivity contribution in [2.75, 3.05) is 13.7 Å². The van der Waals surface area contributed by atoms with Crippen molar-refractivity contribution in [1.82, 2.24) is 15.1 Å². The number of nitrogens with zero attached hydrogens (tertiary/aromatic N) is 2. The number of H-pyrrole nitrogens is 1. The van der Waals surface area contributed by atoms with E-state index in [1.165, 1.54) is 12.0 Å². The summed E-state index contributed by atoms with van der Waals surface area (Å²) in [6, 6.07) is 24.0. The SMILES string of the molecule is CCCCCOc1ccc(C2c3c(-c4ccc(OC)cc4)n[nH]c3C(=O)N2Cc2ccc(C)cc2)cc1. The second-order valence-corrected chi connectivity index (χ2v) is 9.54. The van der Waals surface area contributed by atoms with Crippen LogP contribution in [0.3, 0.4) is 0 Å². The van der Waals surface area contributed by atoms with Crippen LogP contribution in [0, 0.1) is 6.92 Å². The van der Waals surface area contributed by atoms with Crippen LogP contribution in [0.4, 0.5) is 0 Å². The average Bonchev–Trinajstić information content (AvgIpc) is 3.47. The molecule has 0 radical (unpaired) electrons. The molecule has 4 aromatic rings. The number of fused-ring (bicyclic) bond motifs is 1. The normalized spacial score (nSPS) is 14.6. The second kappa shape index (κ2) is 10.9. The molecule has 1 atom stereocenters. The maximum Gasteiger partial charge on any atom is 0.273 e. The summed E-state index contributed by atoms with van der Waals surface area (Å²) >= 11 is 0. The molecular weight excluding hydrogens is 462 g/mol. The maximum absolute atomic E-state index is 13.7. The minimum Gasteiger partial charge on any atom is -0.497 e. The zero-order valence-electron chi connectivity index (χ0n) is 21.7. The van der Waals surface area contributed by atoms with Crippen molar-refractivity contribution in [2.24, 2.45) is 0 Å². The molecule has 6 nitrogen and oxygen atoms in total. The van der Waals surface area contributed by atoms with E-state index in [-0.39, 0.29) is 11.9 Å². The van der Waals surface area contributed by atoms with E-state index in [9.17, 15) is 4.79 Å². The molecule has 1 aliphatic heterocycles. The zero-order valence-corrected chi connectivity index (χ0v) is 21.7. The largest absolute Gasteiger partial charge is 0.497 e. The summed E-state index contributed by atoms with van der Waals surface area (Å²) in [4.78, 5) is 15.6. The van der Waals surface area contributed by atoms with Gasteiger partial charge in [0.1, 0.15) is 17.2 Å². The molecule has 3 aromatic carbocycles. The third-order valence-electron chi connectivity index (χ3n) is 6.91. The summed E-state index contributed by atoms with van der Waals surface area (Å²) in [5.74, 6) is 1.57. The van der Waals surface area contributed by atoms with Gasteiger partial charge < -0.3 is 14.4 Å². The van der Waals surface area contributed by atoms with Gasteiger partial charge in [-0.1, -0.05) is 61.7 Å². The topological polar surface area (TPSA) is 67.5 Å². The summed E-state index contributed by atoms with van der Waals surface area (Å²) in [5.41, 5.74) is 6.46. The highest BCUT2D eigenvalue weighted by Gasteiger charge is 2.42. The lowest BCUT2D eigenvalue weighted by Gasteiger charge is -2.27. The summed E-state index contributed by atoms with van der Waals surface area (Å²) < 4.78 is 11.3. The van der Waals surface area contributed by atoms with Crippen LogP contribution in [0.25, 0.3) is 11.3 Å². The van der Waals surface area contributed by atoms with Gasteiger partial charge >= 0.3 is 0 Å². The van der Waals surface area contributed by atoms with Crippen LogP contribution in [0.15, 0.2) is 72.8 Å². The average molecular weight is 496 g/mol. The van der Waals surface area contributed by atoms with Gasteiger partial charge in [0.25, 0.3) is 5.91 Å². The number of benzene rings is 3.